The molecule has 7 heteroatoms. The van der Waals surface area contributed by atoms with Crippen molar-refractivity contribution in [3.05, 3.63) is 101 Å². The average molecular weight is 453 g/mol. The molecule has 0 bridgehead atoms. The third kappa shape index (κ3) is 4.34. The molecule has 1 aliphatic heterocycles. The van der Waals surface area contributed by atoms with E-state index in [4.69, 9.17) is 9.47 Å². The van der Waals surface area contributed by atoms with Crippen LogP contribution in [0, 0.1) is 17.1 Å². The molecule has 4 aromatic rings. The second-order valence-electron chi connectivity index (χ2n) is 7.90. The summed E-state index contributed by atoms with van der Waals surface area (Å²) in [6.07, 6.45) is 3.46. The Morgan fingerprint density at radius 3 is 2.76 bits per heavy atom. The zero-order valence-corrected chi connectivity index (χ0v) is 18.1. The minimum atomic E-state index is -0.470. The van der Waals surface area contributed by atoms with Gasteiger partial charge in [0.2, 0.25) is 6.79 Å². The highest BCUT2D eigenvalue weighted by Gasteiger charge is 2.15. The number of hydrogen-bond acceptors (Lipinski definition) is 4. The summed E-state index contributed by atoms with van der Waals surface area (Å²) in [4.78, 5) is 12.8. The number of nitrogens with zero attached hydrogens (tertiary/aromatic N) is 2. The summed E-state index contributed by atoms with van der Waals surface area (Å²) in [6.45, 7) is 0.888. The molecule has 0 saturated carbocycles. The van der Waals surface area contributed by atoms with Gasteiger partial charge in [0.05, 0.1) is 0 Å². The van der Waals surface area contributed by atoms with E-state index < -0.39 is 5.91 Å². The topological polar surface area (TPSA) is 76.3 Å². The van der Waals surface area contributed by atoms with Crippen LogP contribution in [0.3, 0.4) is 0 Å². The number of nitrogens with one attached hydrogen (secondary N) is 1. The third-order valence-electron chi connectivity index (χ3n) is 5.62. The number of fused-ring (bicyclic) bond motifs is 2. The van der Waals surface area contributed by atoms with Gasteiger partial charge in [0, 0.05) is 35.8 Å². The van der Waals surface area contributed by atoms with Gasteiger partial charge in [-0.25, -0.2) is 4.39 Å². The van der Waals surface area contributed by atoms with Gasteiger partial charge in [-0.05, 0) is 47.5 Å². The molecule has 1 amide bonds. The van der Waals surface area contributed by atoms with Crippen molar-refractivity contribution in [3.8, 4) is 17.6 Å². The van der Waals surface area contributed by atoms with Crippen LogP contribution in [0.25, 0.3) is 17.0 Å². The number of nitriles is 1. The molecule has 5 rings (SSSR count). The largest absolute Gasteiger partial charge is 0.454 e. The van der Waals surface area contributed by atoms with Crippen LogP contribution >= 0.6 is 0 Å². The summed E-state index contributed by atoms with van der Waals surface area (Å²) in [6, 6.07) is 21.6. The molecule has 0 spiro atoms. The third-order valence-corrected chi connectivity index (χ3v) is 5.62. The summed E-state index contributed by atoms with van der Waals surface area (Å²) >= 11 is 0. The van der Waals surface area contributed by atoms with Gasteiger partial charge in [-0.1, -0.05) is 36.4 Å². The molecule has 2 heterocycles. The number of aromatic nitrogens is 1. The van der Waals surface area contributed by atoms with E-state index in [1.54, 1.807) is 24.3 Å². The van der Waals surface area contributed by atoms with Crippen molar-refractivity contribution in [1.29, 1.82) is 5.26 Å². The minimum absolute atomic E-state index is 0.00518. The van der Waals surface area contributed by atoms with Gasteiger partial charge in [-0.3, -0.25) is 4.79 Å². The van der Waals surface area contributed by atoms with E-state index in [0.29, 0.717) is 18.0 Å². The molecule has 6 nitrogen and oxygen atoms in total. The Hall–Kier alpha value is -4.57. The number of carbonyl (C=O) groups is 1. The molecule has 1 N–H and O–H groups in total. The number of para-hydroxylation sites is 1. The van der Waals surface area contributed by atoms with Gasteiger partial charge in [0.15, 0.2) is 11.5 Å². The van der Waals surface area contributed by atoms with Crippen LogP contribution in [0.2, 0.25) is 0 Å². The van der Waals surface area contributed by atoms with E-state index in [2.05, 4.69) is 5.32 Å². The number of carbonyl (C=O) groups excluding carboxylic acids is 1. The maximum absolute atomic E-state index is 13.6. The Morgan fingerprint density at radius 1 is 1.06 bits per heavy atom. The van der Waals surface area contributed by atoms with Crippen LogP contribution in [0.1, 0.15) is 16.7 Å². The maximum atomic E-state index is 13.6. The average Bonchev–Trinajstić information content (AvgIpc) is 3.45. The molecule has 1 aromatic heterocycles. The second kappa shape index (κ2) is 9.12. The van der Waals surface area contributed by atoms with Crippen LogP contribution in [0.15, 0.2) is 78.5 Å². The van der Waals surface area contributed by atoms with Crippen molar-refractivity contribution >= 4 is 22.9 Å². The lowest BCUT2D eigenvalue weighted by Crippen LogP contribution is -2.23. The zero-order valence-electron chi connectivity index (χ0n) is 18.1. The van der Waals surface area contributed by atoms with Crippen LogP contribution < -0.4 is 14.8 Å². The number of ether oxygens (including phenoxy) is 2. The summed E-state index contributed by atoms with van der Waals surface area (Å²) in [5.41, 5.74) is 3.31. The first-order chi connectivity index (χ1) is 16.6. The fourth-order valence-corrected chi connectivity index (χ4v) is 3.99. The van der Waals surface area contributed by atoms with Crippen molar-refractivity contribution in [2.24, 2.45) is 0 Å². The summed E-state index contributed by atoms with van der Waals surface area (Å²) in [5.74, 6) is 0.540. The van der Waals surface area contributed by atoms with Crippen molar-refractivity contribution in [3.63, 3.8) is 0 Å². The number of halogens is 1. The lowest BCUT2D eigenvalue weighted by Gasteiger charge is -2.06. The molecule has 34 heavy (non-hydrogen) atoms. The van der Waals surface area contributed by atoms with Gasteiger partial charge >= 0.3 is 0 Å². The molecule has 0 atom stereocenters. The van der Waals surface area contributed by atoms with E-state index in [9.17, 15) is 14.4 Å². The Bertz CT molecular complexity index is 1470. The number of benzene rings is 3. The maximum Gasteiger partial charge on any atom is 0.262 e. The monoisotopic (exact) mass is 453 g/mol. The highest BCUT2D eigenvalue weighted by Crippen LogP contribution is 2.32. The Labute approximate surface area is 195 Å². The normalized spacial score (nSPS) is 12.5. The van der Waals surface area contributed by atoms with E-state index in [-0.39, 0.29) is 24.7 Å². The fourth-order valence-electron chi connectivity index (χ4n) is 3.99. The van der Waals surface area contributed by atoms with Crippen molar-refractivity contribution in [1.82, 2.24) is 9.88 Å². The van der Waals surface area contributed by atoms with Gasteiger partial charge in [0.1, 0.15) is 17.5 Å². The summed E-state index contributed by atoms with van der Waals surface area (Å²) in [7, 11) is 0. The molecule has 3 aromatic carbocycles. The van der Waals surface area contributed by atoms with Crippen molar-refractivity contribution < 1.29 is 18.7 Å². The van der Waals surface area contributed by atoms with Crippen LogP contribution in [-0.4, -0.2) is 17.3 Å². The predicted octanol–water partition coefficient (Wildman–Crippen LogP) is 4.78. The minimum Gasteiger partial charge on any atom is -0.454 e. The molecular weight excluding hydrogens is 433 g/mol. The predicted molar refractivity (Wildman–Crippen MR) is 125 cm³/mol. The molecule has 168 valence electrons. The lowest BCUT2D eigenvalue weighted by atomic mass is 10.1. The Balaban J connectivity index is 1.38. The first kappa shape index (κ1) is 21.3. The molecule has 0 radical (unpaired) electrons. The highest BCUT2D eigenvalue weighted by molar-refractivity contribution is 6.04. The Kier molecular flexibility index (Phi) is 5.71. The summed E-state index contributed by atoms with van der Waals surface area (Å²) in [5, 5.41) is 13.3. The smallest absolute Gasteiger partial charge is 0.262 e. The summed E-state index contributed by atoms with van der Waals surface area (Å²) < 4.78 is 26.3. The first-order valence-corrected chi connectivity index (χ1v) is 10.7. The van der Waals surface area contributed by atoms with Crippen LogP contribution in [0.4, 0.5) is 4.39 Å². The van der Waals surface area contributed by atoms with Gasteiger partial charge < -0.3 is 19.4 Å². The molecule has 0 aliphatic carbocycles. The second-order valence-corrected chi connectivity index (χ2v) is 7.90. The molecule has 0 fully saturated rings. The first-order valence-electron chi connectivity index (χ1n) is 10.7. The molecule has 0 saturated heterocycles. The fraction of sp³-hybridized carbons (Fsp3) is 0.111. The van der Waals surface area contributed by atoms with E-state index in [1.165, 1.54) is 12.1 Å². The van der Waals surface area contributed by atoms with Crippen LogP contribution in [-0.2, 0) is 17.9 Å². The lowest BCUT2D eigenvalue weighted by molar-refractivity contribution is -0.117. The number of rotatable bonds is 6. The quantitative estimate of drug-likeness (QED) is 0.337. The zero-order chi connectivity index (χ0) is 23.5. The van der Waals surface area contributed by atoms with E-state index in [1.807, 2.05) is 53.2 Å². The number of amides is 1. The van der Waals surface area contributed by atoms with Crippen molar-refractivity contribution in [2.45, 2.75) is 13.1 Å². The molecule has 0 unspecified atom stereocenters. The van der Waals surface area contributed by atoms with E-state index in [0.717, 1.165) is 27.6 Å². The highest BCUT2D eigenvalue weighted by atomic mass is 19.1. The van der Waals surface area contributed by atoms with Gasteiger partial charge in [0.25, 0.3) is 5.91 Å². The molecule has 1 aliphatic rings. The number of hydrogen-bond donors (Lipinski definition) is 1. The van der Waals surface area contributed by atoms with E-state index >= 15 is 0 Å². The van der Waals surface area contributed by atoms with Gasteiger partial charge in [-0.15, -0.1) is 0 Å². The van der Waals surface area contributed by atoms with Crippen molar-refractivity contribution in [2.75, 3.05) is 6.79 Å². The standard InChI is InChI=1S/C27H20FN3O3/c28-22-5-3-4-19(10-22)15-31-16-21(23-6-1-2-7-24(23)31)12-20(13-29)27(32)30-14-18-8-9-25-26(11-18)34-17-33-25/h1-12,16H,14-15,17H2,(H,30,32)/b20-12-. The SMILES string of the molecule is N#C/C(=C/c1cn(Cc2cccc(F)c2)c2ccccc12)C(=O)NCc1ccc2c(c1)OCO2. The Morgan fingerprint density at radius 2 is 1.91 bits per heavy atom. The van der Waals surface area contributed by atoms with Crippen LogP contribution in [0.5, 0.6) is 11.5 Å². The molecular formula is C27H20FN3O3. The van der Waals surface area contributed by atoms with Gasteiger partial charge in [-0.2, -0.15) is 5.26 Å².